The minimum Gasteiger partial charge on any atom is -0.480 e. The maximum absolute atomic E-state index is 12.7. The molecule has 1 aromatic carbocycles. The fourth-order valence-electron chi connectivity index (χ4n) is 2.58. The number of carbonyl (C=O) groups excluding carboxylic acids is 2. The number of hydrogen-bond acceptors (Lipinski definition) is 7. The maximum Gasteiger partial charge on any atom is 0.408 e. The van der Waals surface area contributed by atoms with E-state index >= 15 is 0 Å². The number of carboxylic acid groups (broad SMARTS) is 1. The van der Waals surface area contributed by atoms with Gasteiger partial charge in [0, 0.05) is 19.2 Å². The zero-order valence-electron chi connectivity index (χ0n) is 17.8. The number of benzene rings is 1. The molecule has 0 saturated heterocycles. The summed E-state index contributed by atoms with van der Waals surface area (Å²) in [6, 6.07) is 7.28. The fourth-order valence-corrected chi connectivity index (χ4v) is 2.58. The number of hydrogen-bond donors (Lipinski definition) is 4. The van der Waals surface area contributed by atoms with Gasteiger partial charge < -0.3 is 24.9 Å². The number of esters is 1. The van der Waals surface area contributed by atoms with E-state index < -0.39 is 42.3 Å². The number of aliphatic carboxylic acids is 1. The van der Waals surface area contributed by atoms with E-state index in [2.05, 4.69) is 20.6 Å². The smallest absolute Gasteiger partial charge is 0.408 e. The van der Waals surface area contributed by atoms with Gasteiger partial charge in [-0.05, 0) is 26.3 Å². The lowest BCUT2D eigenvalue weighted by Crippen LogP contribution is -2.48. The summed E-state index contributed by atoms with van der Waals surface area (Å²) in [5.74, 6) is -2.00. The number of aromatic amines is 1. The fraction of sp³-hybridized carbons (Fsp3) is 0.429. The van der Waals surface area contributed by atoms with Crippen molar-refractivity contribution in [3.8, 4) is 0 Å². The normalized spacial score (nSPS) is 13.1. The summed E-state index contributed by atoms with van der Waals surface area (Å²) in [5, 5.41) is 14.6. The molecule has 2 atom stereocenters. The van der Waals surface area contributed by atoms with E-state index in [-0.39, 0.29) is 6.42 Å². The van der Waals surface area contributed by atoms with E-state index in [1.807, 2.05) is 30.3 Å². The second-order valence-electron chi connectivity index (χ2n) is 7.85. The number of carboxylic acids is 1. The summed E-state index contributed by atoms with van der Waals surface area (Å²) < 4.78 is 10.3. The number of amides is 1. The van der Waals surface area contributed by atoms with E-state index in [1.54, 1.807) is 27.0 Å². The Morgan fingerprint density at radius 2 is 1.87 bits per heavy atom. The molecule has 0 aliphatic rings. The van der Waals surface area contributed by atoms with Gasteiger partial charge in [-0.1, -0.05) is 30.3 Å². The van der Waals surface area contributed by atoms with Crippen LogP contribution in [-0.4, -0.2) is 57.4 Å². The van der Waals surface area contributed by atoms with Crippen LogP contribution in [0.1, 0.15) is 32.0 Å². The Hall–Kier alpha value is -3.40. The summed E-state index contributed by atoms with van der Waals surface area (Å²) in [6.07, 6.45) is 2.49. The van der Waals surface area contributed by atoms with Crippen LogP contribution in [0.5, 0.6) is 0 Å². The Morgan fingerprint density at radius 3 is 2.45 bits per heavy atom. The molecule has 1 amide bonds. The van der Waals surface area contributed by atoms with Crippen LogP contribution in [0.2, 0.25) is 0 Å². The highest BCUT2D eigenvalue weighted by Gasteiger charge is 2.27. The number of nitrogens with zero attached hydrogens (tertiary/aromatic N) is 1. The van der Waals surface area contributed by atoms with Gasteiger partial charge in [0.15, 0.2) is 6.04 Å². The van der Waals surface area contributed by atoms with Crippen molar-refractivity contribution in [2.45, 2.75) is 51.4 Å². The Labute approximate surface area is 180 Å². The van der Waals surface area contributed by atoms with Crippen molar-refractivity contribution < 1.29 is 29.0 Å². The van der Waals surface area contributed by atoms with Crippen molar-refractivity contribution in [1.29, 1.82) is 0 Å². The largest absolute Gasteiger partial charge is 0.480 e. The molecule has 0 aliphatic heterocycles. The predicted molar refractivity (Wildman–Crippen MR) is 111 cm³/mol. The van der Waals surface area contributed by atoms with Crippen molar-refractivity contribution >= 4 is 18.0 Å². The van der Waals surface area contributed by atoms with E-state index in [9.17, 15) is 19.5 Å². The first-order valence-electron chi connectivity index (χ1n) is 9.78. The zero-order valence-corrected chi connectivity index (χ0v) is 17.8. The van der Waals surface area contributed by atoms with Gasteiger partial charge in [0.25, 0.3) is 0 Å². The molecule has 1 heterocycles. The summed E-state index contributed by atoms with van der Waals surface area (Å²) >= 11 is 0. The lowest BCUT2D eigenvalue weighted by Gasteiger charge is -2.22. The number of carbonyl (C=O) groups is 3. The Bertz CT molecular complexity index is 849. The van der Waals surface area contributed by atoms with Crippen LogP contribution < -0.4 is 10.6 Å². The molecule has 0 aliphatic carbocycles. The minimum atomic E-state index is -1.45. The quantitative estimate of drug-likeness (QED) is 0.415. The van der Waals surface area contributed by atoms with Gasteiger partial charge in [-0.3, -0.25) is 10.1 Å². The van der Waals surface area contributed by atoms with Crippen LogP contribution in [0.25, 0.3) is 0 Å². The number of imidazole rings is 1. The average molecular weight is 432 g/mol. The third-order valence-corrected chi connectivity index (χ3v) is 4.03. The van der Waals surface area contributed by atoms with Gasteiger partial charge in [0.1, 0.15) is 18.2 Å². The van der Waals surface area contributed by atoms with Crippen LogP contribution in [0.15, 0.2) is 42.9 Å². The van der Waals surface area contributed by atoms with Gasteiger partial charge in [-0.15, -0.1) is 0 Å². The molecular weight excluding hydrogens is 404 g/mol. The summed E-state index contributed by atoms with van der Waals surface area (Å²) in [4.78, 5) is 42.9. The lowest BCUT2D eigenvalue weighted by atomic mass is 10.1. The number of rotatable bonds is 10. The number of nitrogens with one attached hydrogen (secondary N) is 3. The highest BCUT2D eigenvalue weighted by molar-refractivity contribution is 5.81. The average Bonchev–Trinajstić information content (AvgIpc) is 3.20. The van der Waals surface area contributed by atoms with Crippen LogP contribution >= 0.6 is 0 Å². The number of H-pyrrole nitrogens is 1. The third kappa shape index (κ3) is 8.87. The predicted octanol–water partition coefficient (Wildman–Crippen LogP) is 1.63. The molecule has 0 spiro atoms. The van der Waals surface area contributed by atoms with Crippen molar-refractivity contribution in [3.63, 3.8) is 0 Å². The van der Waals surface area contributed by atoms with Crippen LogP contribution in [0.3, 0.4) is 0 Å². The number of alkyl carbamates (subject to hydrolysis) is 1. The van der Waals surface area contributed by atoms with Crippen molar-refractivity contribution in [2.24, 2.45) is 0 Å². The van der Waals surface area contributed by atoms with Crippen LogP contribution in [0.4, 0.5) is 4.79 Å². The summed E-state index contributed by atoms with van der Waals surface area (Å²) in [7, 11) is 0. The molecule has 4 N–H and O–H groups in total. The van der Waals surface area contributed by atoms with Crippen molar-refractivity contribution in [1.82, 2.24) is 20.6 Å². The Balaban J connectivity index is 1.97. The molecule has 10 nitrogen and oxygen atoms in total. The maximum atomic E-state index is 12.7. The molecule has 10 heteroatoms. The Kier molecular flexibility index (Phi) is 8.56. The highest BCUT2D eigenvalue weighted by atomic mass is 16.6. The molecule has 0 bridgehead atoms. The zero-order chi connectivity index (χ0) is 22.9. The Morgan fingerprint density at radius 1 is 1.16 bits per heavy atom. The first-order chi connectivity index (χ1) is 14.6. The van der Waals surface area contributed by atoms with E-state index in [1.165, 1.54) is 6.33 Å². The van der Waals surface area contributed by atoms with Crippen molar-refractivity contribution in [3.05, 3.63) is 54.1 Å². The van der Waals surface area contributed by atoms with Crippen molar-refractivity contribution in [2.75, 3.05) is 6.61 Å². The second kappa shape index (κ2) is 11.1. The first kappa shape index (κ1) is 23.9. The number of aromatic nitrogens is 2. The molecule has 1 aromatic heterocycles. The SMILES string of the molecule is CC(C)(C)OC(=O)N[C@@H](COC(=O)[C@H](Cc1c[nH]cn1)NCc1ccccc1)C(=O)O. The van der Waals surface area contributed by atoms with Gasteiger partial charge in [-0.25, -0.2) is 14.6 Å². The van der Waals surface area contributed by atoms with E-state index in [0.717, 1.165) is 5.56 Å². The van der Waals surface area contributed by atoms with E-state index in [0.29, 0.717) is 12.2 Å². The first-order valence-corrected chi connectivity index (χ1v) is 9.78. The molecule has 0 saturated carbocycles. The molecule has 2 rings (SSSR count). The van der Waals surface area contributed by atoms with Gasteiger partial charge in [0.05, 0.1) is 12.0 Å². The molecular formula is C21H28N4O6. The lowest BCUT2D eigenvalue weighted by molar-refractivity contribution is -0.150. The minimum absolute atomic E-state index is 0.242. The molecule has 31 heavy (non-hydrogen) atoms. The van der Waals surface area contributed by atoms with Gasteiger partial charge in [-0.2, -0.15) is 0 Å². The van der Waals surface area contributed by atoms with Crippen LogP contribution in [0, 0.1) is 0 Å². The monoisotopic (exact) mass is 432 g/mol. The second-order valence-corrected chi connectivity index (χ2v) is 7.85. The van der Waals surface area contributed by atoms with E-state index in [4.69, 9.17) is 9.47 Å². The molecule has 0 unspecified atom stereocenters. The standard InChI is InChI=1S/C21H28N4O6/c1-21(2,3)31-20(29)25-17(18(26)27)12-30-19(28)16(9-15-11-22-13-24-15)23-10-14-7-5-4-6-8-14/h4-8,11,13,16-17,23H,9-10,12H2,1-3H3,(H,22,24)(H,25,29)(H,26,27)/t16-,17-/m0/s1. The molecule has 0 radical (unpaired) electrons. The summed E-state index contributed by atoms with van der Waals surface area (Å²) in [5.41, 5.74) is 0.821. The van der Waals surface area contributed by atoms with Crippen LogP contribution in [-0.2, 0) is 32.0 Å². The third-order valence-electron chi connectivity index (χ3n) is 4.03. The van der Waals surface area contributed by atoms with Gasteiger partial charge >= 0.3 is 18.0 Å². The highest BCUT2D eigenvalue weighted by Crippen LogP contribution is 2.08. The summed E-state index contributed by atoms with van der Waals surface area (Å²) in [6.45, 7) is 4.82. The molecule has 0 fully saturated rings. The number of ether oxygens (including phenoxy) is 2. The molecule has 168 valence electrons. The van der Waals surface area contributed by atoms with Gasteiger partial charge in [0.2, 0.25) is 0 Å². The topological polar surface area (TPSA) is 143 Å². The molecule has 2 aromatic rings.